The van der Waals surface area contributed by atoms with Gasteiger partial charge in [-0.1, -0.05) is 0 Å². The number of hydrogen-bond donors (Lipinski definition) is 1. The van der Waals surface area contributed by atoms with Crippen molar-refractivity contribution in [2.45, 2.75) is 25.3 Å². The van der Waals surface area contributed by atoms with Crippen LogP contribution in [0.3, 0.4) is 0 Å². The highest BCUT2D eigenvalue weighted by molar-refractivity contribution is 5.99. The second-order valence-corrected chi connectivity index (χ2v) is 6.27. The first-order valence-corrected chi connectivity index (χ1v) is 8.40. The number of Topliss-reactive ketones (excluding diaryl/α,β-unsaturated/α-hetero) is 1. The van der Waals surface area contributed by atoms with Crippen LogP contribution in [-0.4, -0.2) is 29.8 Å². The first-order chi connectivity index (χ1) is 12.7. The molecule has 2 aliphatic rings. The SMILES string of the molecule is COc1ccc([C@@H]2C3=C(CCCC3=O)Nc3c(C#N)cnn32)c(OC)c1. The van der Waals surface area contributed by atoms with Gasteiger partial charge in [-0.15, -0.1) is 0 Å². The Morgan fingerprint density at radius 2 is 2.15 bits per heavy atom. The highest BCUT2D eigenvalue weighted by atomic mass is 16.5. The summed E-state index contributed by atoms with van der Waals surface area (Å²) in [7, 11) is 3.18. The standard InChI is InChI=1S/C19H18N4O3/c1-25-12-6-7-13(16(8-12)26-2)18-17-14(4-3-5-15(17)24)22-19-11(9-20)10-21-23(18)19/h6-8,10,18,22H,3-5H2,1-2H3/t18-/m1/s1. The summed E-state index contributed by atoms with van der Waals surface area (Å²) in [6.45, 7) is 0. The number of methoxy groups -OCH3 is 2. The first kappa shape index (κ1) is 16.2. The van der Waals surface area contributed by atoms with Crippen LogP contribution in [0.4, 0.5) is 5.82 Å². The molecule has 1 aromatic carbocycles. The molecule has 0 bridgehead atoms. The van der Waals surface area contributed by atoms with E-state index in [0.717, 1.165) is 24.1 Å². The van der Waals surface area contributed by atoms with Crippen LogP contribution in [0.1, 0.15) is 36.4 Å². The second kappa shape index (κ2) is 6.23. The van der Waals surface area contributed by atoms with Crippen LogP contribution in [0, 0.1) is 11.3 Å². The maximum absolute atomic E-state index is 12.8. The van der Waals surface area contributed by atoms with Gasteiger partial charge < -0.3 is 14.8 Å². The predicted octanol–water partition coefficient (Wildman–Crippen LogP) is 2.79. The van der Waals surface area contributed by atoms with E-state index in [1.54, 1.807) is 25.0 Å². The monoisotopic (exact) mass is 350 g/mol. The number of rotatable bonds is 3. The topological polar surface area (TPSA) is 89.2 Å². The molecule has 1 aliphatic carbocycles. The molecule has 0 fully saturated rings. The average molecular weight is 350 g/mol. The van der Waals surface area contributed by atoms with Crippen LogP contribution < -0.4 is 14.8 Å². The van der Waals surface area contributed by atoms with Crippen molar-refractivity contribution in [3.63, 3.8) is 0 Å². The number of hydrogen-bond acceptors (Lipinski definition) is 6. The molecule has 132 valence electrons. The molecule has 0 saturated carbocycles. The van der Waals surface area contributed by atoms with Gasteiger partial charge in [0.25, 0.3) is 0 Å². The number of aromatic nitrogens is 2. The summed E-state index contributed by atoms with van der Waals surface area (Å²) in [5.74, 6) is 1.99. The summed E-state index contributed by atoms with van der Waals surface area (Å²) in [5, 5.41) is 17.0. The number of allylic oxidation sites excluding steroid dienone is 2. The molecule has 2 heterocycles. The van der Waals surface area contributed by atoms with Gasteiger partial charge in [0.2, 0.25) is 0 Å². The van der Waals surface area contributed by atoms with E-state index in [9.17, 15) is 10.1 Å². The Hall–Kier alpha value is -3.27. The van der Waals surface area contributed by atoms with Crippen LogP contribution in [0.2, 0.25) is 0 Å². The van der Waals surface area contributed by atoms with Crippen molar-refractivity contribution in [3.8, 4) is 17.6 Å². The summed E-state index contributed by atoms with van der Waals surface area (Å²) in [5.41, 5.74) is 2.83. The minimum atomic E-state index is -0.433. The minimum Gasteiger partial charge on any atom is -0.497 e. The summed E-state index contributed by atoms with van der Waals surface area (Å²) in [6.07, 6.45) is 3.60. The van der Waals surface area contributed by atoms with Crippen LogP contribution in [0.15, 0.2) is 35.7 Å². The number of nitriles is 1. The van der Waals surface area contributed by atoms with E-state index in [1.165, 1.54) is 6.20 Å². The van der Waals surface area contributed by atoms with Gasteiger partial charge >= 0.3 is 0 Å². The molecule has 1 N–H and O–H groups in total. The van der Waals surface area contributed by atoms with E-state index in [4.69, 9.17) is 9.47 Å². The van der Waals surface area contributed by atoms with Crippen molar-refractivity contribution >= 4 is 11.6 Å². The smallest absolute Gasteiger partial charge is 0.163 e. The Bertz CT molecular complexity index is 968. The Kier molecular flexibility index (Phi) is 3.88. The van der Waals surface area contributed by atoms with Crippen LogP contribution >= 0.6 is 0 Å². The van der Waals surface area contributed by atoms with Crippen LogP contribution in [-0.2, 0) is 4.79 Å². The van der Waals surface area contributed by atoms with Crippen molar-refractivity contribution in [1.82, 2.24) is 9.78 Å². The lowest BCUT2D eigenvalue weighted by Crippen LogP contribution is -2.31. The van der Waals surface area contributed by atoms with E-state index in [1.807, 2.05) is 12.1 Å². The van der Waals surface area contributed by atoms with Crippen molar-refractivity contribution < 1.29 is 14.3 Å². The Morgan fingerprint density at radius 1 is 1.31 bits per heavy atom. The third kappa shape index (κ3) is 2.34. The molecule has 1 aliphatic heterocycles. The van der Waals surface area contributed by atoms with Crippen LogP contribution in [0.25, 0.3) is 0 Å². The summed E-state index contributed by atoms with van der Waals surface area (Å²) in [4.78, 5) is 12.8. The number of ether oxygens (including phenoxy) is 2. The lowest BCUT2D eigenvalue weighted by Gasteiger charge is -2.33. The number of ketones is 1. The number of anilines is 1. The molecule has 26 heavy (non-hydrogen) atoms. The molecule has 7 heteroatoms. The molecule has 2 aromatic rings. The van der Waals surface area contributed by atoms with Gasteiger partial charge in [-0.25, -0.2) is 4.68 Å². The molecule has 1 atom stereocenters. The van der Waals surface area contributed by atoms with Gasteiger partial charge in [0.15, 0.2) is 5.78 Å². The number of benzene rings is 1. The third-order valence-electron chi connectivity index (χ3n) is 4.89. The maximum Gasteiger partial charge on any atom is 0.163 e. The lowest BCUT2D eigenvalue weighted by atomic mass is 9.85. The largest absolute Gasteiger partial charge is 0.497 e. The Balaban J connectivity index is 1.96. The highest BCUT2D eigenvalue weighted by Crippen LogP contribution is 2.44. The van der Waals surface area contributed by atoms with Crippen molar-refractivity contribution in [1.29, 1.82) is 5.26 Å². The molecule has 0 radical (unpaired) electrons. The van der Waals surface area contributed by atoms with E-state index in [-0.39, 0.29) is 5.78 Å². The number of carbonyl (C=O) groups excluding carboxylic acids is 1. The Labute approximate surface area is 150 Å². The lowest BCUT2D eigenvalue weighted by molar-refractivity contribution is -0.116. The van der Waals surface area contributed by atoms with Crippen molar-refractivity contribution in [2.24, 2.45) is 0 Å². The van der Waals surface area contributed by atoms with Gasteiger partial charge in [0.05, 0.1) is 20.4 Å². The van der Waals surface area contributed by atoms with Gasteiger partial charge in [-0.3, -0.25) is 4.79 Å². The molecule has 0 spiro atoms. The average Bonchev–Trinajstić information content (AvgIpc) is 3.08. The zero-order valence-corrected chi connectivity index (χ0v) is 14.6. The maximum atomic E-state index is 12.8. The Morgan fingerprint density at radius 3 is 2.88 bits per heavy atom. The van der Waals surface area contributed by atoms with E-state index in [2.05, 4.69) is 16.5 Å². The molecule has 0 amide bonds. The fraction of sp³-hybridized carbons (Fsp3) is 0.316. The molecule has 7 nitrogen and oxygen atoms in total. The van der Waals surface area contributed by atoms with E-state index < -0.39 is 6.04 Å². The first-order valence-electron chi connectivity index (χ1n) is 8.40. The molecule has 1 aromatic heterocycles. The van der Waals surface area contributed by atoms with Crippen molar-refractivity contribution in [3.05, 3.63) is 46.8 Å². The zero-order chi connectivity index (χ0) is 18.3. The highest BCUT2D eigenvalue weighted by Gasteiger charge is 2.38. The van der Waals surface area contributed by atoms with Gasteiger partial charge in [-0.05, 0) is 25.0 Å². The molecular weight excluding hydrogens is 332 g/mol. The molecular formula is C19H18N4O3. The second-order valence-electron chi connectivity index (χ2n) is 6.27. The number of nitrogens with one attached hydrogen (secondary N) is 1. The van der Waals surface area contributed by atoms with Crippen LogP contribution in [0.5, 0.6) is 11.5 Å². The van der Waals surface area contributed by atoms with Gasteiger partial charge in [0.1, 0.15) is 35.0 Å². The summed E-state index contributed by atoms with van der Waals surface area (Å²) < 4.78 is 12.5. The van der Waals surface area contributed by atoms with E-state index in [0.29, 0.717) is 34.9 Å². The third-order valence-corrected chi connectivity index (χ3v) is 4.89. The molecule has 0 saturated heterocycles. The minimum absolute atomic E-state index is 0.0984. The molecule has 4 rings (SSSR count). The van der Waals surface area contributed by atoms with Gasteiger partial charge in [-0.2, -0.15) is 10.4 Å². The fourth-order valence-electron chi connectivity index (χ4n) is 3.67. The number of nitrogens with zero attached hydrogens (tertiary/aromatic N) is 3. The normalized spacial score (nSPS) is 18.5. The zero-order valence-electron chi connectivity index (χ0n) is 14.6. The van der Waals surface area contributed by atoms with Gasteiger partial charge in [0, 0.05) is 29.3 Å². The predicted molar refractivity (Wildman–Crippen MR) is 94.1 cm³/mol. The molecule has 0 unspecified atom stereocenters. The summed E-state index contributed by atoms with van der Waals surface area (Å²) >= 11 is 0. The van der Waals surface area contributed by atoms with Crippen molar-refractivity contribution in [2.75, 3.05) is 19.5 Å². The summed E-state index contributed by atoms with van der Waals surface area (Å²) in [6, 6.07) is 7.24. The quantitative estimate of drug-likeness (QED) is 0.915. The fourth-order valence-corrected chi connectivity index (χ4v) is 3.67. The number of fused-ring (bicyclic) bond motifs is 1. The number of carbonyl (C=O) groups is 1. The van der Waals surface area contributed by atoms with E-state index >= 15 is 0 Å².